The summed E-state index contributed by atoms with van der Waals surface area (Å²) in [5.41, 5.74) is 1.59. The zero-order valence-electron chi connectivity index (χ0n) is 17.6. The zero-order chi connectivity index (χ0) is 22.9. The monoisotopic (exact) mass is 454 g/mol. The highest BCUT2D eigenvalue weighted by molar-refractivity contribution is 6.30. The summed E-state index contributed by atoms with van der Waals surface area (Å²) in [5.74, 6) is -0.474. The standard InChI is InChI=1S/C25H24ClFN2O3/c1-18(25(31)28-15-19-7-11-21(26)12-8-19)29(16-20-9-13-22(27)14-10-20)24(30)17-32-23-5-3-2-4-6-23/h2-14,18H,15-17H2,1H3,(H,28,31)/t18-/m0/s1. The lowest BCUT2D eigenvalue weighted by Gasteiger charge is -2.28. The molecule has 0 saturated carbocycles. The Morgan fingerprint density at radius 1 is 0.969 bits per heavy atom. The van der Waals surface area contributed by atoms with E-state index in [-0.39, 0.29) is 30.8 Å². The van der Waals surface area contributed by atoms with Crippen LogP contribution < -0.4 is 10.1 Å². The van der Waals surface area contributed by atoms with Crippen LogP contribution >= 0.6 is 11.6 Å². The maximum atomic E-state index is 13.3. The van der Waals surface area contributed by atoms with E-state index in [4.69, 9.17) is 16.3 Å². The minimum atomic E-state index is -0.765. The molecule has 166 valence electrons. The van der Waals surface area contributed by atoms with Crippen molar-refractivity contribution in [2.75, 3.05) is 6.61 Å². The van der Waals surface area contributed by atoms with Crippen molar-refractivity contribution < 1.29 is 18.7 Å². The Bertz CT molecular complexity index is 1030. The molecule has 5 nitrogen and oxygen atoms in total. The second-order valence-corrected chi connectivity index (χ2v) is 7.71. The molecule has 0 aliphatic heterocycles. The summed E-state index contributed by atoms with van der Waals surface area (Å²) in [7, 11) is 0. The summed E-state index contributed by atoms with van der Waals surface area (Å²) in [6.45, 7) is 1.88. The number of para-hydroxylation sites is 1. The van der Waals surface area contributed by atoms with Crippen LogP contribution in [0, 0.1) is 5.82 Å². The van der Waals surface area contributed by atoms with Crippen molar-refractivity contribution in [2.45, 2.75) is 26.1 Å². The van der Waals surface area contributed by atoms with Crippen molar-refractivity contribution in [3.8, 4) is 5.75 Å². The zero-order valence-corrected chi connectivity index (χ0v) is 18.4. The number of benzene rings is 3. The third-order valence-electron chi connectivity index (χ3n) is 4.92. The molecule has 3 rings (SSSR count). The van der Waals surface area contributed by atoms with Crippen molar-refractivity contribution in [1.29, 1.82) is 0 Å². The maximum Gasteiger partial charge on any atom is 0.261 e. The number of carbonyl (C=O) groups is 2. The number of nitrogens with one attached hydrogen (secondary N) is 1. The highest BCUT2D eigenvalue weighted by Crippen LogP contribution is 2.14. The molecule has 1 N–H and O–H groups in total. The van der Waals surface area contributed by atoms with Crippen molar-refractivity contribution >= 4 is 23.4 Å². The smallest absolute Gasteiger partial charge is 0.261 e. The number of hydrogen-bond donors (Lipinski definition) is 1. The van der Waals surface area contributed by atoms with Crippen molar-refractivity contribution in [3.63, 3.8) is 0 Å². The summed E-state index contributed by atoms with van der Waals surface area (Å²) in [6, 6.07) is 21.2. The van der Waals surface area contributed by atoms with E-state index in [1.165, 1.54) is 17.0 Å². The van der Waals surface area contributed by atoms with E-state index in [0.717, 1.165) is 5.56 Å². The summed E-state index contributed by atoms with van der Waals surface area (Å²) in [6.07, 6.45) is 0. The second-order valence-electron chi connectivity index (χ2n) is 7.27. The van der Waals surface area contributed by atoms with Gasteiger partial charge in [0.05, 0.1) is 0 Å². The number of hydrogen-bond acceptors (Lipinski definition) is 3. The molecule has 0 aromatic heterocycles. The summed E-state index contributed by atoms with van der Waals surface area (Å²) in [5, 5.41) is 3.46. The fraction of sp³-hybridized carbons (Fsp3) is 0.200. The molecule has 0 aliphatic carbocycles. The molecule has 7 heteroatoms. The van der Waals surface area contributed by atoms with Gasteiger partial charge < -0.3 is 15.0 Å². The molecule has 0 bridgehead atoms. The van der Waals surface area contributed by atoms with Gasteiger partial charge in [-0.3, -0.25) is 9.59 Å². The summed E-state index contributed by atoms with van der Waals surface area (Å²) in [4.78, 5) is 27.2. The first kappa shape index (κ1) is 23.3. The van der Waals surface area contributed by atoms with Gasteiger partial charge in [-0.2, -0.15) is 0 Å². The van der Waals surface area contributed by atoms with Crippen LogP contribution in [0.25, 0.3) is 0 Å². The molecule has 0 spiro atoms. The molecular formula is C25H24ClFN2O3. The van der Waals surface area contributed by atoms with Gasteiger partial charge in [-0.15, -0.1) is 0 Å². The van der Waals surface area contributed by atoms with E-state index in [9.17, 15) is 14.0 Å². The molecule has 0 aliphatic rings. The second kappa shape index (κ2) is 11.3. The van der Waals surface area contributed by atoms with E-state index in [1.807, 2.05) is 30.3 Å². The van der Waals surface area contributed by atoms with Gasteiger partial charge in [-0.25, -0.2) is 4.39 Å². The van der Waals surface area contributed by atoms with Crippen LogP contribution in [0.15, 0.2) is 78.9 Å². The van der Waals surface area contributed by atoms with E-state index in [0.29, 0.717) is 22.9 Å². The molecule has 0 unspecified atom stereocenters. The molecule has 0 heterocycles. The summed E-state index contributed by atoms with van der Waals surface area (Å²) < 4.78 is 18.9. The maximum absolute atomic E-state index is 13.3. The summed E-state index contributed by atoms with van der Waals surface area (Å²) >= 11 is 5.90. The molecule has 32 heavy (non-hydrogen) atoms. The molecule has 3 aromatic carbocycles. The fourth-order valence-corrected chi connectivity index (χ4v) is 3.18. The quantitative estimate of drug-likeness (QED) is 0.514. The van der Waals surface area contributed by atoms with Crippen molar-refractivity contribution in [3.05, 3.63) is 101 Å². The van der Waals surface area contributed by atoms with Gasteiger partial charge >= 0.3 is 0 Å². The SMILES string of the molecule is C[C@@H](C(=O)NCc1ccc(Cl)cc1)N(Cc1ccc(F)cc1)C(=O)COc1ccccc1. The topological polar surface area (TPSA) is 58.6 Å². The van der Waals surface area contributed by atoms with Crippen LogP contribution in [0.4, 0.5) is 4.39 Å². The molecule has 0 radical (unpaired) electrons. The fourth-order valence-electron chi connectivity index (χ4n) is 3.05. The number of rotatable bonds is 9. The minimum Gasteiger partial charge on any atom is -0.484 e. The number of amides is 2. The predicted molar refractivity (Wildman–Crippen MR) is 122 cm³/mol. The van der Waals surface area contributed by atoms with Crippen LogP contribution in [0.5, 0.6) is 5.75 Å². The number of ether oxygens (including phenoxy) is 1. The van der Waals surface area contributed by atoms with Crippen molar-refractivity contribution in [1.82, 2.24) is 10.2 Å². The van der Waals surface area contributed by atoms with E-state index < -0.39 is 6.04 Å². The van der Waals surface area contributed by atoms with Crippen LogP contribution in [-0.4, -0.2) is 29.4 Å². The average molecular weight is 455 g/mol. The first-order chi connectivity index (χ1) is 15.4. The average Bonchev–Trinajstić information content (AvgIpc) is 2.82. The predicted octanol–water partition coefficient (Wildman–Crippen LogP) is 4.59. The van der Waals surface area contributed by atoms with E-state index in [2.05, 4.69) is 5.32 Å². The molecule has 1 atom stereocenters. The molecule has 0 fully saturated rings. The van der Waals surface area contributed by atoms with Crippen LogP contribution in [0.1, 0.15) is 18.1 Å². The van der Waals surface area contributed by atoms with Crippen molar-refractivity contribution in [2.24, 2.45) is 0 Å². The lowest BCUT2D eigenvalue weighted by molar-refractivity contribution is -0.142. The normalized spacial score (nSPS) is 11.5. The Labute approximate surface area is 191 Å². The van der Waals surface area contributed by atoms with Gasteiger partial charge in [0, 0.05) is 18.1 Å². The number of carbonyl (C=O) groups excluding carboxylic acids is 2. The number of halogens is 2. The molecular weight excluding hydrogens is 431 g/mol. The first-order valence-corrected chi connectivity index (χ1v) is 10.5. The molecule has 2 amide bonds. The van der Waals surface area contributed by atoms with Gasteiger partial charge in [-0.1, -0.05) is 54.1 Å². The van der Waals surface area contributed by atoms with Gasteiger partial charge in [0.15, 0.2) is 6.61 Å². The largest absolute Gasteiger partial charge is 0.484 e. The molecule has 0 saturated heterocycles. The van der Waals surface area contributed by atoms with Crippen LogP contribution in [0.3, 0.4) is 0 Å². The molecule has 3 aromatic rings. The van der Waals surface area contributed by atoms with E-state index >= 15 is 0 Å². The Morgan fingerprint density at radius 3 is 2.25 bits per heavy atom. The Hall–Kier alpha value is -3.38. The third kappa shape index (κ3) is 6.82. The van der Waals surface area contributed by atoms with Crippen LogP contribution in [-0.2, 0) is 22.7 Å². The van der Waals surface area contributed by atoms with Gasteiger partial charge in [-0.05, 0) is 54.4 Å². The third-order valence-corrected chi connectivity index (χ3v) is 5.17. The highest BCUT2D eigenvalue weighted by atomic mass is 35.5. The Morgan fingerprint density at radius 2 is 1.59 bits per heavy atom. The van der Waals surface area contributed by atoms with Gasteiger partial charge in [0.2, 0.25) is 5.91 Å². The van der Waals surface area contributed by atoms with Gasteiger partial charge in [0.25, 0.3) is 5.91 Å². The Kier molecular flexibility index (Phi) is 8.22. The van der Waals surface area contributed by atoms with Gasteiger partial charge in [0.1, 0.15) is 17.6 Å². The number of nitrogens with zero attached hydrogens (tertiary/aromatic N) is 1. The van der Waals surface area contributed by atoms with E-state index in [1.54, 1.807) is 43.3 Å². The Balaban J connectivity index is 1.68. The lowest BCUT2D eigenvalue weighted by atomic mass is 10.1. The van der Waals surface area contributed by atoms with Crippen LogP contribution in [0.2, 0.25) is 5.02 Å². The lowest BCUT2D eigenvalue weighted by Crippen LogP contribution is -2.48. The first-order valence-electron chi connectivity index (χ1n) is 10.2. The highest BCUT2D eigenvalue weighted by Gasteiger charge is 2.26. The minimum absolute atomic E-state index is 0.146.